The standard InChI is InChI=1S/C6H13NO3/c1-5(2)6(8,9)7-4-10-3/h7-9H,1,4H2,2-3H3. The van der Waals surface area contributed by atoms with E-state index < -0.39 is 5.91 Å². The van der Waals surface area contributed by atoms with Gasteiger partial charge < -0.3 is 14.9 Å². The van der Waals surface area contributed by atoms with Crippen molar-refractivity contribution >= 4 is 0 Å². The highest BCUT2D eigenvalue weighted by molar-refractivity contribution is 5.00. The average Bonchev–Trinajstić information content (AvgIpc) is 1.84. The van der Waals surface area contributed by atoms with Gasteiger partial charge in [0.1, 0.15) is 6.73 Å². The lowest BCUT2D eigenvalue weighted by atomic mass is 10.2. The molecular weight excluding hydrogens is 134 g/mol. The van der Waals surface area contributed by atoms with E-state index in [0.29, 0.717) is 0 Å². The second kappa shape index (κ2) is 3.68. The van der Waals surface area contributed by atoms with Crippen molar-refractivity contribution in [2.45, 2.75) is 12.8 Å². The highest BCUT2D eigenvalue weighted by Crippen LogP contribution is 2.04. The van der Waals surface area contributed by atoms with Crippen molar-refractivity contribution in [3.05, 3.63) is 12.2 Å². The van der Waals surface area contributed by atoms with Crippen LogP contribution < -0.4 is 5.32 Å². The predicted molar refractivity (Wildman–Crippen MR) is 37.0 cm³/mol. The molecule has 60 valence electrons. The van der Waals surface area contributed by atoms with Crippen LogP contribution >= 0.6 is 0 Å². The number of rotatable bonds is 4. The average molecular weight is 147 g/mol. The smallest absolute Gasteiger partial charge is 0.247 e. The fourth-order valence-corrected chi connectivity index (χ4v) is 0.324. The maximum absolute atomic E-state index is 8.99. The molecule has 0 atom stereocenters. The van der Waals surface area contributed by atoms with E-state index in [1.807, 2.05) is 0 Å². The molecule has 0 rings (SSSR count). The van der Waals surface area contributed by atoms with E-state index in [2.05, 4.69) is 16.6 Å². The fourth-order valence-electron chi connectivity index (χ4n) is 0.324. The topological polar surface area (TPSA) is 61.7 Å². The van der Waals surface area contributed by atoms with E-state index in [4.69, 9.17) is 10.2 Å². The fraction of sp³-hybridized carbons (Fsp3) is 0.667. The third-order valence-corrected chi connectivity index (χ3v) is 1.06. The van der Waals surface area contributed by atoms with E-state index in [1.54, 1.807) is 0 Å². The number of hydrogen-bond donors (Lipinski definition) is 3. The molecule has 0 spiro atoms. The predicted octanol–water partition coefficient (Wildman–Crippen LogP) is -0.606. The van der Waals surface area contributed by atoms with Crippen LogP contribution in [0.3, 0.4) is 0 Å². The largest absolute Gasteiger partial charge is 0.369 e. The highest BCUT2D eigenvalue weighted by Gasteiger charge is 2.22. The highest BCUT2D eigenvalue weighted by atomic mass is 16.5. The molecule has 0 unspecified atom stereocenters. The molecule has 0 heterocycles. The van der Waals surface area contributed by atoms with Crippen LogP contribution in [0.25, 0.3) is 0 Å². The number of aliphatic hydroxyl groups is 2. The summed E-state index contributed by atoms with van der Waals surface area (Å²) in [5, 5.41) is 20.3. The summed E-state index contributed by atoms with van der Waals surface area (Å²) < 4.78 is 4.56. The van der Waals surface area contributed by atoms with Crippen molar-refractivity contribution in [1.82, 2.24) is 5.32 Å². The second-order valence-corrected chi connectivity index (χ2v) is 2.06. The Morgan fingerprint density at radius 2 is 2.20 bits per heavy atom. The van der Waals surface area contributed by atoms with Crippen molar-refractivity contribution in [1.29, 1.82) is 0 Å². The molecule has 0 radical (unpaired) electrons. The van der Waals surface area contributed by atoms with Crippen LogP contribution in [-0.2, 0) is 4.74 Å². The molecule has 4 heteroatoms. The first kappa shape index (κ1) is 9.58. The van der Waals surface area contributed by atoms with Gasteiger partial charge >= 0.3 is 0 Å². The van der Waals surface area contributed by atoms with Crippen molar-refractivity contribution in [2.75, 3.05) is 13.8 Å². The van der Waals surface area contributed by atoms with Gasteiger partial charge in [-0.15, -0.1) is 0 Å². The maximum atomic E-state index is 8.99. The molecule has 0 saturated heterocycles. The van der Waals surface area contributed by atoms with E-state index in [9.17, 15) is 0 Å². The molecule has 3 N–H and O–H groups in total. The molecule has 0 aromatic rings. The van der Waals surface area contributed by atoms with Crippen molar-refractivity contribution in [3.63, 3.8) is 0 Å². The summed E-state index contributed by atoms with van der Waals surface area (Å²) in [5.74, 6) is -2.02. The van der Waals surface area contributed by atoms with Crippen LogP contribution in [0.1, 0.15) is 6.92 Å². The molecule has 10 heavy (non-hydrogen) atoms. The van der Waals surface area contributed by atoms with Gasteiger partial charge in [-0.2, -0.15) is 0 Å². The normalized spacial score (nSPS) is 11.6. The Labute approximate surface area is 60.1 Å². The van der Waals surface area contributed by atoms with Gasteiger partial charge in [-0.1, -0.05) is 6.58 Å². The summed E-state index contributed by atoms with van der Waals surface area (Å²) in [6, 6.07) is 0. The molecule has 0 aliphatic rings. The first-order valence-corrected chi connectivity index (χ1v) is 2.85. The SMILES string of the molecule is C=C(C)C(O)(O)NCOC. The van der Waals surface area contributed by atoms with Gasteiger partial charge in [0.15, 0.2) is 0 Å². The van der Waals surface area contributed by atoms with Crippen molar-refractivity contribution in [3.8, 4) is 0 Å². The van der Waals surface area contributed by atoms with Crippen LogP contribution in [0.4, 0.5) is 0 Å². The number of methoxy groups -OCH3 is 1. The maximum Gasteiger partial charge on any atom is 0.247 e. The molecule has 0 aliphatic heterocycles. The molecule has 4 nitrogen and oxygen atoms in total. The number of hydrogen-bond acceptors (Lipinski definition) is 4. The minimum Gasteiger partial charge on any atom is -0.369 e. The Morgan fingerprint density at radius 3 is 2.50 bits per heavy atom. The summed E-state index contributed by atoms with van der Waals surface area (Å²) in [6.07, 6.45) is 0. The van der Waals surface area contributed by atoms with Crippen LogP contribution in [0.5, 0.6) is 0 Å². The minimum absolute atomic E-state index is 0.0693. The Kier molecular flexibility index (Phi) is 3.52. The summed E-state index contributed by atoms with van der Waals surface area (Å²) in [4.78, 5) is 0. The van der Waals surface area contributed by atoms with E-state index >= 15 is 0 Å². The van der Waals surface area contributed by atoms with Crippen molar-refractivity contribution in [2.24, 2.45) is 0 Å². The van der Waals surface area contributed by atoms with Gasteiger partial charge in [0.05, 0.1) is 0 Å². The van der Waals surface area contributed by atoms with Gasteiger partial charge in [0.25, 0.3) is 0 Å². The zero-order valence-corrected chi connectivity index (χ0v) is 6.22. The molecule has 0 aliphatic carbocycles. The van der Waals surface area contributed by atoms with Gasteiger partial charge in [-0.05, 0) is 12.5 Å². The lowest BCUT2D eigenvalue weighted by Gasteiger charge is -2.22. The Hall–Kier alpha value is -0.420. The van der Waals surface area contributed by atoms with Crippen LogP contribution in [0.15, 0.2) is 12.2 Å². The van der Waals surface area contributed by atoms with E-state index in [1.165, 1.54) is 14.0 Å². The molecular formula is C6H13NO3. The Bertz CT molecular complexity index is 122. The van der Waals surface area contributed by atoms with Crippen LogP contribution in [0.2, 0.25) is 0 Å². The zero-order chi connectivity index (χ0) is 8.20. The summed E-state index contributed by atoms with van der Waals surface area (Å²) in [5.41, 5.74) is 0.226. The van der Waals surface area contributed by atoms with E-state index in [0.717, 1.165) is 0 Å². The molecule has 0 saturated carbocycles. The molecule has 0 fully saturated rings. The van der Waals surface area contributed by atoms with Crippen LogP contribution in [0, 0.1) is 0 Å². The van der Waals surface area contributed by atoms with Crippen molar-refractivity contribution < 1.29 is 14.9 Å². The first-order chi connectivity index (χ1) is 4.50. The molecule has 0 aromatic heterocycles. The van der Waals surface area contributed by atoms with Gasteiger partial charge in [-0.3, -0.25) is 0 Å². The Balaban J connectivity index is 3.75. The van der Waals surface area contributed by atoms with Gasteiger partial charge in [0, 0.05) is 7.11 Å². The Morgan fingerprint density at radius 1 is 1.70 bits per heavy atom. The molecule has 0 aromatic carbocycles. The third-order valence-electron chi connectivity index (χ3n) is 1.06. The number of nitrogens with one attached hydrogen (secondary N) is 1. The lowest BCUT2D eigenvalue weighted by molar-refractivity contribution is -0.164. The number of ether oxygens (including phenoxy) is 1. The molecule has 0 bridgehead atoms. The minimum atomic E-state index is -2.02. The summed E-state index contributed by atoms with van der Waals surface area (Å²) in [7, 11) is 1.45. The van der Waals surface area contributed by atoms with Crippen LogP contribution in [-0.4, -0.2) is 30.0 Å². The monoisotopic (exact) mass is 147 g/mol. The second-order valence-electron chi connectivity index (χ2n) is 2.06. The zero-order valence-electron chi connectivity index (χ0n) is 6.22. The quantitative estimate of drug-likeness (QED) is 0.367. The first-order valence-electron chi connectivity index (χ1n) is 2.85. The summed E-state index contributed by atoms with van der Waals surface area (Å²) in [6.45, 7) is 4.93. The van der Waals surface area contributed by atoms with Gasteiger partial charge in [0.2, 0.25) is 5.91 Å². The summed E-state index contributed by atoms with van der Waals surface area (Å²) >= 11 is 0. The van der Waals surface area contributed by atoms with Gasteiger partial charge in [-0.25, -0.2) is 5.32 Å². The molecule has 0 amide bonds. The third kappa shape index (κ3) is 2.93. The lowest BCUT2D eigenvalue weighted by Crippen LogP contribution is -2.46. The van der Waals surface area contributed by atoms with E-state index in [-0.39, 0.29) is 12.3 Å².